The molecule has 1 saturated heterocycles. The highest BCUT2D eigenvalue weighted by atomic mass is 35.5. The Morgan fingerprint density at radius 3 is 2.47 bits per heavy atom. The van der Waals surface area contributed by atoms with Crippen molar-refractivity contribution in [1.82, 2.24) is 15.3 Å². The molecule has 1 N–H and O–H groups in total. The van der Waals surface area contributed by atoms with Gasteiger partial charge in [-0.05, 0) is 49.5 Å². The third-order valence-corrected chi connectivity index (χ3v) is 3.54. The van der Waals surface area contributed by atoms with Crippen molar-refractivity contribution in [1.29, 1.82) is 0 Å². The summed E-state index contributed by atoms with van der Waals surface area (Å²) in [7, 11) is 0. The molecule has 19 heavy (non-hydrogen) atoms. The van der Waals surface area contributed by atoms with Crippen molar-refractivity contribution < 1.29 is 0 Å². The van der Waals surface area contributed by atoms with Gasteiger partial charge in [-0.25, -0.2) is 9.97 Å². The van der Waals surface area contributed by atoms with E-state index in [1.54, 1.807) is 6.20 Å². The summed E-state index contributed by atoms with van der Waals surface area (Å²) in [5.74, 6) is 0.618. The lowest BCUT2D eigenvalue weighted by molar-refractivity contribution is 0.460. The van der Waals surface area contributed by atoms with Crippen LogP contribution in [-0.4, -0.2) is 23.1 Å². The van der Waals surface area contributed by atoms with E-state index < -0.39 is 0 Å². The number of fused-ring (bicyclic) bond motifs is 1. The lowest BCUT2D eigenvalue weighted by Gasteiger charge is -2.22. The third kappa shape index (κ3) is 3.69. The average Bonchev–Trinajstić information content (AvgIpc) is 2.39. The summed E-state index contributed by atoms with van der Waals surface area (Å²) >= 11 is 5.96. The van der Waals surface area contributed by atoms with Crippen molar-refractivity contribution in [3.8, 4) is 0 Å². The molecule has 0 radical (unpaired) electrons. The van der Waals surface area contributed by atoms with E-state index in [-0.39, 0.29) is 24.8 Å². The van der Waals surface area contributed by atoms with Gasteiger partial charge in [0.25, 0.3) is 0 Å². The molecule has 3 rings (SSSR count). The molecule has 2 aromatic rings. The van der Waals surface area contributed by atoms with E-state index in [0.717, 1.165) is 24.1 Å². The summed E-state index contributed by atoms with van der Waals surface area (Å²) in [5, 5.41) is 5.08. The highest BCUT2D eigenvalue weighted by molar-refractivity contribution is 6.31. The first-order valence-electron chi connectivity index (χ1n) is 5.95. The fourth-order valence-corrected chi connectivity index (χ4v) is 2.56. The predicted octanol–water partition coefficient (Wildman–Crippen LogP) is 3.59. The summed E-state index contributed by atoms with van der Waals surface area (Å²) < 4.78 is 0. The molecule has 0 amide bonds. The van der Waals surface area contributed by atoms with Crippen LogP contribution in [0.1, 0.15) is 24.3 Å². The number of hydrogen-bond acceptors (Lipinski definition) is 3. The van der Waals surface area contributed by atoms with Crippen LogP contribution in [-0.2, 0) is 0 Å². The minimum atomic E-state index is 0. The quantitative estimate of drug-likeness (QED) is 0.872. The van der Waals surface area contributed by atoms with Gasteiger partial charge in [0.1, 0.15) is 0 Å². The van der Waals surface area contributed by atoms with Gasteiger partial charge in [0, 0.05) is 17.8 Å². The van der Waals surface area contributed by atoms with Crippen LogP contribution in [0.2, 0.25) is 5.02 Å². The summed E-state index contributed by atoms with van der Waals surface area (Å²) in [6.45, 7) is 2.19. The maximum Gasteiger partial charge on any atom is 0.159 e. The largest absolute Gasteiger partial charge is 0.317 e. The van der Waals surface area contributed by atoms with E-state index in [1.165, 1.54) is 18.4 Å². The number of hydrogen-bond donors (Lipinski definition) is 1. The first kappa shape index (κ1) is 16.4. The summed E-state index contributed by atoms with van der Waals surface area (Å²) in [5.41, 5.74) is 2.08. The monoisotopic (exact) mass is 319 g/mol. The van der Waals surface area contributed by atoms with Gasteiger partial charge in [-0.15, -0.1) is 24.8 Å². The van der Waals surface area contributed by atoms with Crippen molar-refractivity contribution in [3.05, 3.63) is 35.1 Å². The van der Waals surface area contributed by atoms with E-state index in [0.29, 0.717) is 10.9 Å². The van der Waals surface area contributed by atoms with Gasteiger partial charge in [0.05, 0.1) is 5.02 Å². The van der Waals surface area contributed by atoms with Gasteiger partial charge < -0.3 is 5.32 Å². The van der Waals surface area contributed by atoms with E-state index >= 15 is 0 Å². The van der Waals surface area contributed by atoms with Crippen molar-refractivity contribution in [2.24, 2.45) is 0 Å². The first-order valence-corrected chi connectivity index (χ1v) is 6.32. The number of aromatic nitrogens is 2. The first-order chi connectivity index (χ1) is 8.33. The Hall–Kier alpha value is -0.610. The van der Waals surface area contributed by atoms with Gasteiger partial charge in [0.2, 0.25) is 0 Å². The van der Waals surface area contributed by atoms with E-state index in [2.05, 4.69) is 21.4 Å². The minimum Gasteiger partial charge on any atom is -0.317 e. The molecule has 0 unspecified atom stereocenters. The fraction of sp³-hybridized carbons (Fsp3) is 0.385. The molecule has 1 fully saturated rings. The molecule has 0 spiro atoms. The number of piperidine rings is 1. The molecule has 6 heteroatoms. The van der Waals surface area contributed by atoms with Crippen molar-refractivity contribution in [2.45, 2.75) is 18.8 Å². The predicted molar refractivity (Wildman–Crippen MR) is 83.9 cm³/mol. The molecule has 2 aromatic heterocycles. The van der Waals surface area contributed by atoms with Crippen LogP contribution >= 0.6 is 36.4 Å². The van der Waals surface area contributed by atoms with Crippen LogP contribution in [0.4, 0.5) is 0 Å². The zero-order valence-electron chi connectivity index (χ0n) is 10.3. The minimum absolute atomic E-state index is 0. The number of halogens is 3. The summed E-state index contributed by atoms with van der Waals surface area (Å²) in [6, 6.07) is 4.11. The number of rotatable bonds is 1. The van der Waals surface area contributed by atoms with Gasteiger partial charge in [0.15, 0.2) is 5.65 Å². The molecule has 3 heterocycles. The van der Waals surface area contributed by atoms with Crippen molar-refractivity contribution in [2.75, 3.05) is 13.1 Å². The van der Waals surface area contributed by atoms with Gasteiger partial charge in [-0.2, -0.15) is 0 Å². The Bertz CT molecular complexity index is 542. The zero-order chi connectivity index (χ0) is 11.7. The second-order valence-electron chi connectivity index (χ2n) is 4.49. The van der Waals surface area contributed by atoms with Crippen LogP contribution in [0.15, 0.2) is 24.5 Å². The second kappa shape index (κ2) is 7.25. The number of pyridine rings is 2. The molecule has 104 valence electrons. The average molecular weight is 321 g/mol. The molecular weight excluding hydrogens is 305 g/mol. The highest BCUT2D eigenvalue weighted by Gasteiger charge is 2.15. The van der Waals surface area contributed by atoms with Crippen LogP contribution < -0.4 is 5.32 Å². The molecule has 0 aromatic carbocycles. The molecule has 1 aliphatic rings. The van der Waals surface area contributed by atoms with Crippen molar-refractivity contribution in [3.63, 3.8) is 0 Å². The Morgan fingerprint density at radius 2 is 1.74 bits per heavy atom. The molecule has 0 atom stereocenters. The van der Waals surface area contributed by atoms with Crippen LogP contribution in [0.3, 0.4) is 0 Å². The lowest BCUT2D eigenvalue weighted by atomic mass is 9.91. The van der Waals surface area contributed by atoms with Crippen molar-refractivity contribution >= 4 is 47.4 Å². The maximum atomic E-state index is 5.96. The zero-order valence-corrected chi connectivity index (χ0v) is 12.7. The lowest BCUT2D eigenvalue weighted by Crippen LogP contribution is -2.26. The normalized spacial score (nSPS) is 15.6. The molecule has 0 saturated carbocycles. The molecule has 1 aliphatic heterocycles. The molecule has 0 bridgehead atoms. The van der Waals surface area contributed by atoms with Crippen LogP contribution in [0.25, 0.3) is 11.0 Å². The van der Waals surface area contributed by atoms with E-state index in [9.17, 15) is 0 Å². The molecule has 3 nitrogen and oxygen atoms in total. The van der Waals surface area contributed by atoms with Gasteiger partial charge in [-0.1, -0.05) is 11.6 Å². The van der Waals surface area contributed by atoms with E-state index in [4.69, 9.17) is 11.6 Å². The second-order valence-corrected chi connectivity index (χ2v) is 4.93. The molecular formula is C13H16Cl3N3. The highest BCUT2D eigenvalue weighted by Crippen LogP contribution is 2.27. The fourth-order valence-electron chi connectivity index (χ4n) is 2.39. The topological polar surface area (TPSA) is 37.8 Å². The number of nitrogens with zero attached hydrogens (tertiary/aromatic N) is 2. The number of nitrogens with one attached hydrogen (secondary N) is 1. The van der Waals surface area contributed by atoms with E-state index in [1.807, 2.05) is 12.3 Å². The standard InChI is InChI=1S/C13H14ClN3.2ClH/c14-12-6-10-5-11(7-16-13(10)17-8-12)9-1-3-15-4-2-9;;/h5-9,15H,1-4H2;2*1H. The van der Waals surface area contributed by atoms with Crippen LogP contribution in [0, 0.1) is 0 Å². The summed E-state index contributed by atoms with van der Waals surface area (Å²) in [4.78, 5) is 8.62. The van der Waals surface area contributed by atoms with Gasteiger partial charge in [-0.3, -0.25) is 0 Å². The summed E-state index contributed by atoms with van der Waals surface area (Å²) in [6.07, 6.45) is 5.96. The Balaban J connectivity index is 0.000000902. The Labute approximate surface area is 130 Å². The maximum absolute atomic E-state index is 5.96. The molecule has 0 aliphatic carbocycles. The smallest absolute Gasteiger partial charge is 0.159 e. The third-order valence-electron chi connectivity index (χ3n) is 3.33. The Morgan fingerprint density at radius 1 is 1.05 bits per heavy atom. The van der Waals surface area contributed by atoms with Crippen LogP contribution in [0.5, 0.6) is 0 Å². The SMILES string of the molecule is Cl.Cl.Clc1cnc2ncc(C3CCNCC3)cc2c1. The Kier molecular flexibility index (Phi) is 6.27. The van der Waals surface area contributed by atoms with Gasteiger partial charge >= 0.3 is 0 Å².